The highest BCUT2D eigenvalue weighted by atomic mass is 32.2. The molecule has 1 atom stereocenters. The van der Waals surface area contributed by atoms with Gasteiger partial charge in [0.15, 0.2) is 5.65 Å². The first-order valence-electron chi connectivity index (χ1n) is 10.6. The summed E-state index contributed by atoms with van der Waals surface area (Å²) in [5, 5.41) is 3.46. The summed E-state index contributed by atoms with van der Waals surface area (Å²) in [4.78, 5) is 47.3. The fraction of sp³-hybridized carbons (Fsp3) is 0.667. The standard InChI is InChI=1S/C21H31N5O3S/c1-12(2)11-26-17-16(20(28)25(5)21(26)29)19(23-14(4)22-17)30-13(3)18(27)24-15-9-7-6-8-10-15/h12-13,15H,6-11H2,1-5H3,(H,24,27)/t13-/m1/s1. The van der Waals surface area contributed by atoms with Crippen LogP contribution in [0, 0.1) is 12.8 Å². The molecule has 1 fully saturated rings. The van der Waals surface area contributed by atoms with E-state index in [0.717, 1.165) is 30.3 Å². The Balaban J connectivity index is 1.99. The van der Waals surface area contributed by atoms with Gasteiger partial charge in [-0.1, -0.05) is 44.9 Å². The van der Waals surface area contributed by atoms with Crippen molar-refractivity contribution >= 4 is 28.7 Å². The molecule has 1 N–H and O–H groups in total. The molecule has 2 heterocycles. The van der Waals surface area contributed by atoms with E-state index in [1.54, 1.807) is 6.92 Å². The molecule has 0 aliphatic heterocycles. The van der Waals surface area contributed by atoms with E-state index < -0.39 is 16.5 Å². The Kier molecular flexibility index (Phi) is 7.00. The second kappa shape index (κ2) is 9.32. The molecule has 0 spiro atoms. The van der Waals surface area contributed by atoms with Crippen LogP contribution >= 0.6 is 11.8 Å². The highest BCUT2D eigenvalue weighted by molar-refractivity contribution is 8.00. The van der Waals surface area contributed by atoms with Gasteiger partial charge in [-0.25, -0.2) is 14.8 Å². The lowest BCUT2D eigenvalue weighted by atomic mass is 9.95. The van der Waals surface area contributed by atoms with Crippen molar-refractivity contribution in [1.29, 1.82) is 0 Å². The summed E-state index contributed by atoms with van der Waals surface area (Å²) in [7, 11) is 1.47. The average Bonchev–Trinajstić information content (AvgIpc) is 2.69. The van der Waals surface area contributed by atoms with Crippen molar-refractivity contribution in [2.24, 2.45) is 13.0 Å². The molecule has 0 radical (unpaired) electrons. The first kappa shape index (κ1) is 22.5. The molecule has 0 saturated heterocycles. The van der Waals surface area contributed by atoms with Crippen molar-refractivity contribution in [3.05, 3.63) is 26.7 Å². The molecule has 0 bridgehead atoms. The number of aromatic nitrogens is 4. The molecule has 3 rings (SSSR count). The number of amides is 1. The molecular weight excluding hydrogens is 402 g/mol. The van der Waals surface area contributed by atoms with E-state index in [2.05, 4.69) is 15.3 Å². The van der Waals surface area contributed by atoms with E-state index in [9.17, 15) is 14.4 Å². The van der Waals surface area contributed by atoms with Gasteiger partial charge in [-0.3, -0.25) is 18.7 Å². The molecule has 0 aromatic carbocycles. The lowest BCUT2D eigenvalue weighted by Crippen LogP contribution is -2.41. The minimum atomic E-state index is -0.433. The van der Waals surface area contributed by atoms with Gasteiger partial charge in [-0.15, -0.1) is 0 Å². The average molecular weight is 434 g/mol. The van der Waals surface area contributed by atoms with Crippen LogP contribution in [0.15, 0.2) is 14.6 Å². The Labute approximate surface area is 180 Å². The van der Waals surface area contributed by atoms with Crippen molar-refractivity contribution in [2.75, 3.05) is 0 Å². The summed E-state index contributed by atoms with van der Waals surface area (Å²) in [5.74, 6) is 0.619. The molecular formula is C21H31N5O3S. The zero-order valence-electron chi connectivity index (χ0n) is 18.4. The molecule has 1 amide bonds. The SMILES string of the molecule is Cc1nc(S[C@H](C)C(=O)NC2CCCCC2)c2c(=O)n(C)c(=O)n(CC(C)C)c2n1. The van der Waals surface area contributed by atoms with Crippen molar-refractivity contribution < 1.29 is 4.79 Å². The number of aryl methyl sites for hydroxylation is 1. The van der Waals surface area contributed by atoms with Crippen LogP contribution in [0.25, 0.3) is 11.0 Å². The summed E-state index contributed by atoms with van der Waals surface area (Å²) in [5.41, 5.74) is -0.484. The number of hydrogen-bond acceptors (Lipinski definition) is 6. The van der Waals surface area contributed by atoms with Crippen LogP contribution in [-0.4, -0.2) is 36.3 Å². The van der Waals surface area contributed by atoms with Gasteiger partial charge in [0, 0.05) is 19.6 Å². The summed E-state index contributed by atoms with van der Waals surface area (Å²) >= 11 is 1.25. The first-order valence-corrected chi connectivity index (χ1v) is 11.5. The van der Waals surface area contributed by atoms with Gasteiger partial charge in [0.05, 0.1) is 5.25 Å². The summed E-state index contributed by atoms with van der Waals surface area (Å²) < 4.78 is 2.63. The Morgan fingerprint density at radius 2 is 1.83 bits per heavy atom. The molecule has 2 aromatic rings. The molecule has 1 aliphatic carbocycles. The third-order valence-corrected chi connectivity index (χ3v) is 6.50. The lowest BCUT2D eigenvalue weighted by Gasteiger charge is -2.24. The van der Waals surface area contributed by atoms with E-state index in [4.69, 9.17) is 0 Å². The van der Waals surface area contributed by atoms with E-state index >= 15 is 0 Å². The first-order chi connectivity index (χ1) is 14.2. The number of thioether (sulfide) groups is 1. The molecule has 1 saturated carbocycles. The Bertz CT molecular complexity index is 1050. The van der Waals surface area contributed by atoms with Crippen LogP contribution in [-0.2, 0) is 18.4 Å². The Hall–Kier alpha value is -2.16. The fourth-order valence-corrected chi connectivity index (χ4v) is 4.83. The van der Waals surface area contributed by atoms with Crippen LogP contribution < -0.4 is 16.6 Å². The van der Waals surface area contributed by atoms with Crippen LogP contribution in [0.4, 0.5) is 0 Å². The number of carbonyl (C=O) groups excluding carboxylic acids is 1. The predicted molar refractivity (Wildman–Crippen MR) is 119 cm³/mol. The van der Waals surface area contributed by atoms with Gasteiger partial charge >= 0.3 is 5.69 Å². The zero-order chi connectivity index (χ0) is 22.0. The summed E-state index contributed by atoms with van der Waals surface area (Å²) in [6.07, 6.45) is 5.54. The highest BCUT2D eigenvalue weighted by Crippen LogP contribution is 2.27. The topological polar surface area (TPSA) is 98.9 Å². The van der Waals surface area contributed by atoms with E-state index in [1.807, 2.05) is 20.8 Å². The maximum Gasteiger partial charge on any atom is 0.332 e. The highest BCUT2D eigenvalue weighted by Gasteiger charge is 2.24. The monoisotopic (exact) mass is 433 g/mol. The number of rotatable bonds is 6. The maximum atomic E-state index is 12.9. The van der Waals surface area contributed by atoms with Crippen LogP contribution in [0.2, 0.25) is 0 Å². The summed E-state index contributed by atoms with van der Waals surface area (Å²) in [6.45, 7) is 8.01. The smallest absolute Gasteiger partial charge is 0.332 e. The van der Waals surface area contributed by atoms with Crippen molar-refractivity contribution in [2.45, 2.75) is 82.7 Å². The molecule has 164 valence electrons. The number of carbonyl (C=O) groups is 1. The third kappa shape index (κ3) is 4.77. The third-order valence-electron chi connectivity index (χ3n) is 5.42. The van der Waals surface area contributed by atoms with E-state index in [1.165, 1.54) is 29.8 Å². The van der Waals surface area contributed by atoms with Gasteiger partial charge in [0.2, 0.25) is 5.91 Å². The fourth-order valence-electron chi connectivity index (χ4n) is 3.84. The van der Waals surface area contributed by atoms with Crippen molar-refractivity contribution in [1.82, 2.24) is 24.4 Å². The quantitative estimate of drug-likeness (QED) is 0.555. The normalized spacial score (nSPS) is 16.2. The van der Waals surface area contributed by atoms with Gasteiger partial charge in [0.25, 0.3) is 5.56 Å². The number of hydrogen-bond donors (Lipinski definition) is 1. The Morgan fingerprint density at radius 3 is 2.47 bits per heavy atom. The molecule has 30 heavy (non-hydrogen) atoms. The minimum Gasteiger partial charge on any atom is -0.352 e. The zero-order valence-corrected chi connectivity index (χ0v) is 19.2. The van der Waals surface area contributed by atoms with Gasteiger partial charge in [-0.05, 0) is 32.6 Å². The lowest BCUT2D eigenvalue weighted by molar-refractivity contribution is -0.121. The molecule has 0 unspecified atom stereocenters. The van der Waals surface area contributed by atoms with E-state index in [-0.39, 0.29) is 17.9 Å². The van der Waals surface area contributed by atoms with Gasteiger partial charge in [-0.2, -0.15) is 0 Å². The molecule has 8 nitrogen and oxygen atoms in total. The largest absolute Gasteiger partial charge is 0.352 e. The number of fused-ring (bicyclic) bond motifs is 1. The van der Waals surface area contributed by atoms with E-state index in [0.29, 0.717) is 28.4 Å². The summed E-state index contributed by atoms with van der Waals surface area (Å²) in [6, 6.07) is 0.224. The van der Waals surface area contributed by atoms with Crippen LogP contribution in [0.5, 0.6) is 0 Å². The molecule has 2 aromatic heterocycles. The van der Waals surface area contributed by atoms with Crippen molar-refractivity contribution in [3.8, 4) is 0 Å². The van der Waals surface area contributed by atoms with Crippen molar-refractivity contribution in [3.63, 3.8) is 0 Å². The van der Waals surface area contributed by atoms with Crippen LogP contribution in [0.3, 0.4) is 0 Å². The minimum absolute atomic E-state index is 0.0522. The molecule has 1 aliphatic rings. The maximum absolute atomic E-state index is 12.9. The number of nitrogens with zero attached hydrogens (tertiary/aromatic N) is 4. The van der Waals surface area contributed by atoms with Gasteiger partial charge in [0.1, 0.15) is 16.2 Å². The predicted octanol–water partition coefficient (Wildman–Crippen LogP) is 2.38. The number of nitrogens with one attached hydrogen (secondary N) is 1. The second-order valence-corrected chi connectivity index (χ2v) is 9.86. The molecule has 9 heteroatoms. The van der Waals surface area contributed by atoms with Crippen LogP contribution in [0.1, 0.15) is 58.7 Å². The second-order valence-electron chi connectivity index (χ2n) is 8.53. The Morgan fingerprint density at radius 1 is 1.17 bits per heavy atom. The van der Waals surface area contributed by atoms with Gasteiger partial charge < -0.3 is 5.32 Å².